The van der Waals surface area contributed by atoms with Crippen molar-refractivity contribution in [3.8, 4) is 0 Å². The van der Waals surface area contributed by atoms with Gasteiger partial charge < -0.3 is 14.8 Å². The standard InChI is InChI=1S/C17H18F3N3O4/c1-12(24)21-14-7-8-23(16(25)22-14)15(17(18,19)20)27-10-9-26-11-13-5-3-2-4-6-13/h2-8,15H,9-11H2,1H3,(H,21,22,24,25). The Morgan fingerprint density at radius 3 is 2.52 bits per heavy atom. The number of rotatable bonds is 8. The van der Waals surface area contributed by atoms with Crippen molar-refractivity contribution >= 4 is 11.7 Å². The minimum Gasteiger partial charge on any atom is -0.374 e. The fourth-order valence-corrected chi connectivity index (χ4v) is 2.16. The second-order valence-corrected chi connectivity index (χ2v) is 5.49. The summed E-state index contributed by atoms with van der Waals surface area (Å²) >= 11 is 0. The van der Waals surface area contributed by atoms with Gasteiger partial charge in [0.15, 0.2) is 0 Å². The lowest BCUT2D eigenvalue weighted by molar-refractivity contribution is -0.253. The topological polar surface area (TPSA) is 82.5 Å². The highest BCUT2D eigenvalue weighted by Gasteiger charge is 2.43. The maximum absolute atomic E-state index is 13.2. The molecule has 1 amide bonds. The number of amides is 1. The summed E-state index contributed by atoms with van der Waals surface area (Å²) in [7, 11) is 0. The number of alkyl halides is 3. The molecule has 7 nitrogen and oxygen atoms in total. The zero-order chi connectivity index (χ0) is 19.9. The first-order valence-electron chi connectivity index (χ1n) is 7.94. The Balaban J connectivity index is 1.97. The van der Waals surface area contributed by atoms with Crippen LogP contribution in [0.5, 0.6) is 0 Å². The summed E-state index contributed by atoms with van der Waals surface area (Å²) in [6, 6.07) is 10.2. The Kier molecular flexibility index (Phi) is 7.08. The summed E-state index contributed by atoms with van der Waals surface area (Å²) in [6.45, 7) is 0.947. The summed E-state index contributed by atoms with van der Waals surface area (Å²) in [5, 5.41) is 2.22. The van der Waals surface area contributed by atoms with Crippen LogP contribution in [-0.2, 0) is 20.9 Å². The van der Waals surface area contributed by atoms with E-state index >= 15 is 0 Å². The molecule has 1 heterocycles. The molecule has 0 aliphatic heterocycles. The number of hydrogen-bond acceptors (Lipinski definition) is 5. The van der Waals surface area contributed by atoms with Crippen molar-refractivity contribution in [2.45, 2.75) is 25.9 Å². The van der Waals surface area contributed by atoms with Gasteiger partial charge in [0.05, 0.1) is 19.8 Å². The van der Waals surface area contributed by atoms with Gasteiger partial charge in [0.25, 0.3) is 0 Å². The molecule has 0 aliphatic rings. The van der Waals surface area contributed by atoms with Crippen molar-refractivity contribution in [3.05, 3.63) is 58.6 Å². The minimum atomic E-state index is -4.83. The van der Waals surface area contributed by atoms with Gasteiger partial charge in [-0.25, -0.2) is 4.79 Å². The monoisotopic (exact) mass is 385 g/mol. The molecule has 27 heavy (non-hydrogen) atoms. The van der Waals surface area contributed by atoms with Gasteiger partial charge in [-0.15, -0.1) is 0 Å². The van der Waals surface area contributed by atoms with E-state index in [0.29, 0.717) is 4.57 Å². The van der Waals surface area contributed by atoms with Crippen LogP contribution in [0, 0.1) is 0 Å². The quantitative estimate of drug-likeness (QED) is 0.706. The number of nitrogens with zero attached hydrogens (tertiary/aromatic N) is 2. The van der Waals surface area contributed by atoms with Crippen LogP contribution in [0.1, 0.15) is 18.7 Å². The summed E-state index contributed by atoms with van der Waals surface area (Å²) in [5.74, 6) is -0.644. The van der Waals surface area contributed by atoms with Gasteiger partial charge in [-0.1, -0.05) is 30.3 Å². The molecule has 0 fully saturated rings. The number of ether oxygens (including phenoxy) is 2. The van der Waals surface area contributed by atoms with Gasteiger partial charge in [-0.3, -0.25) is 9.36 Å². The molecule has 1 unspecified atom stereocenters. The van der Waals surface area contributed by atoms with Gasteiger partial charge in [-0.2, -0.15) is 18.2 Å². The summed E-state index contributed by atoms with van der Waals surface area (Å²) in [4.78, 5) is 26.2. The van der Waals surface area contributed by atoms with Crippen molar-refractivity contribution in [1.29, 1.82) is 0 Å². The minimum absolute atomic E-state index is 0.0897. The third-order valence-electron chi connectivity index (χ3n) is 3.28. The Hall–Kier alpha value is -2.72. The lowest BCUT2D eigenvalue weighted by Gasteiger charge is -2.22. The molecule has 0 bridgehead atoms. The Labute approximate surface area is 152 Å². The molecule has 1 atom stereocenters. The van der Waals surface area contributed by atoms with Gasteiger partial charge >= 0.3 is 11.9 Å². The highest BCUT2D eigenvalue weighted by Crippen LogP contribution is 2.30. The van der Waals surface area contributed by atoms with Crippen LogP contribution in [0.4, 0.5) is 19.0 Å². The third kappa shape index (κ3) is 6.50. The Morgan fingerprint density at radius 1 is 1.22 bits per heavy atom. The molecule has 1 aromatic carbocycles. The van der Waals surface area contributed by atoms with Crippen LogP contribution in [0.3, 0.4) is 0 Å². The molecule has 1 N–H and O–H groups in total. The fraction of sp³-hybridized carbons (Fsp3) is 0.353. The molecular formula is C17H18F3N3O4. The highest BCUT2D eigenvalue weighted by atomic mass is 19.4. The van der Waals surface area contributed by atoms with Crippen molar-refractivity contribution in [3.63, 3.8) is 0 Å². The molecule has 2 aromatic rings. The first-order chi connectivity index (χ1) is 12.8. The fourth-order valence-electron chi connectivity index (χ4n) is 2.16. The molecule has 0 aliphatic carbocycles. The van der Waals surface area contributed by atoms with Gasteiger partial charge in [0.1, 0.15) is 5.82 Å². The number of halogens is 3. The molecule has 0 saturated heterocycles. The van der Waals surface area contributed by atoms with Crippen molar-refractivity contribution in [1.82, 2.24) is 9.55 Å². The van der Waals surface area contributed by atoms with Gasteiger partial charge in [-0.05, 0) is 11.6 Å². The number of anilines is 1. The molecule has 10 heteroatoms. The smallest absolute Gasteiger partial charge is 0.374 e. The predicted octanol–water partition coefficient (Wildman–Crippen LogP) is 2.50. The lowest BCUT2D eigenvalue weighted by Crippen LogP contribution is -2.37. The number of benzene rings is 1. The van der Waals surface area contributed by atoms with E-state index < -0.39 is 24.0 Å². The highest BCUT2D eigenvalue weighted by molar-refractivity contribution is 5.87. The number of carbonyl (C=O) groups excluding carboxylic acids is 1. The number of carbonyl (C=O) groups is 1. The van der Waals surface area contributed by atoms with E-state index in [1.165, 1.54) is 6.92 Å². The van der Waals surface area contributed by atoms with E-state index in [1.54, 1.807) is 0 Å². The first-order valence-corrected chi connectivity index (χ1v) is 7.94. The molecule has 2 rings (SSSR count). The SMILES string of the molecule is CC(=O)Nc1ccn(C(OCCOCc2ccccc2)C(F)(F)F)c(=O)n1. The van der Waals surface area contributed by atoms with E-state index in [1.807, 2.05) is 30.3 Å². The van der Waals surface area contributed by atoms with E-state index in [9.17, 15) is 22.8 Å². The number of hydrogen-bond donors (Lipinski definition) is 1. The average molecular weight is 385 g/mol. The Bertz CT molecular complexity index is 809. The largest absolute Gasteiger partial charge is 0.434 e. The predicted molar refractivity (Wildman–Crippen MR) is 89.9 cm³/mol. The second-order valence-electron chi connectivity index (χ2n) is 5.49. The summed E-state index contributed by atoms with van der Waals surface area (Å²) < 4.78 is 50.1. The molecule has 0 spiro atoms. The summed E-state index contributed by atoms with van der Waals surface area (Å²) in [6.07, 6.45) is -6.48. The molecule has 146 valence electrons. The first kappa shape index (κ1) is 20.6. The van der Waals surface area contributed by atoms with Gasteiger partial charge in [0.2, 0.25) is 12.1 Å². The lowest BCUT2D eigenvalue weighted by atomic mass is 10.2. The second kappa shape index (κ2) is 9.28. The van der Waals surface area contributed by atoms with Crippen LogP contribution in [0.25, 0.3) is 0 Å². The Morgan fingerprint density at radius 2 is 1.93 bits per heavy atom. The van der Waals surface area contributed by atoms with Gasteiger partial charge in [0, 0.05) is 13.1 Å². The average Bonchev–Trinajstić information content (AvgIpc) is 2.58. The maximum Gasteiger partial charge on any atom is 0.434 e. The molecule has 0 saturated carbocycles. The zero-order valence-electron chi connectivity index (χ0n) is 14.4. The number of nitrogens with one attached hydrogen (secondary N) is 1. The van der Waals surface area contributed by atoms with E-state index in [2.05, 4.69) is 10.3 Å². The van der Waals surface area contributed by atoms with Crippen molar-refractivity contribution in [2.75, 3.05) is 18.5 Å². The van der Waals surface area contributed by atoms with E-state index in [4.69, 9.17) is 9.47 Å². The number of aromatic nitrogens is 2. The zero-order valence-corrected chi connectivity index (χ0v) is 14.4. The van der Waals surface area contributed by atoms with Crippen molar-refractivity contribution < 1.29 is 27.4 Å². The molecule has 0 radical (unpaired) electrons. The van der Waals surface area contributed by atoms with E-state index in [0.717, 1.165) is 17.8 Å². The van der Waals surface area contributed by atoms with Crippen LogP contribution < -0.4 is 11.0 Å². The normalized spacial score (nSPS) is 12.6. The van der Waals surface area contributed by atoms with Crippen LogP contribution in [0.15, 0.2) is 47.4 Å². The molecular weight excluding hydrogens is 367 g/mol. The van der Waals surface area contributed by atoms with Crippen molar-refractivity contribution in [2.24, 2.45) is 0 Å². The summed E-state index contributed by atoms with van der Waals surface area (Å²) in [5.41, 5.74) is -0.326. The van der Waals surface area contributed by atoms with E-state index in [-0.39, 0.29) is 25.6 Å². The van der Waals surface area contributed by atoms with Crippen LogP contribution in [0.2, 0.25) is 0 Å². The molecule has 1 aromatic heterocycles. The third-order valence-corrected chi connectivity index (χ3v) is 3.28. The van der Waals surface area contributed by atoms with Crippen LogP contribution in [-0.4, -0.2) is 34.8 Å². The van der Waals surface area contributed by atoms with Crippen LogP contribution >= 0.6 is 0 Å². The maximum atomic E-state index is 13.2.